The lowest BCUT2D eigenvalue weighted by molar-refractivity contribution is -0.114. The van der Waals surface area contributed by atoms with Gasteiger partial charge in [-0.1, -0.05) is 41.4 Å². The molecule has 8 heteroatoms. The summed E-state index contributed by atoms with van der Waals surface area (Å²) < 4.78 is 41.6. The molecule has 0 atom stereocenters. The number of nitrogens with zero attached hydrogens (tertiary/aromatic N) is 1. The first-order chi connectivity index (χ1) is 13.8. The largest absolute Gasteiger partial charge is 0.325 e. The van der Waals surface area contributed by atoms with Gasteiger partial charge < -0.3 is 5.32 Å². The average molecular weight is 433 g/mol. The van der Waals surface area contributed by atoms with Crippen LogP contribution >= 0.6 is 11.6 Å². The Morgan fingerprint density at radius 1 is 1.00 bits per heavy atom. The van der Waals surface area contributed by atoms with Crippen molar-refractivity contribution in [1.82, 2.24) is 0 Å². The summed E-state index contributed by atoms with van der Waals surface area (Å²) in [7, 11) is -4.18. The molecule has 5 nitrogen and oxygen atoms in total. The number of nitrogens with one attached hydrogen (secondary N) is 1. The number of amides is 1. The van der Waals surface area contributed by atoms with Crippen LogP contribution in [0.4, 0.5) is 15.8 Å². The van der Waals surface area contributed by atoms with Gasteiger partial charge in [-0.2, -0.15) is 0 Å². The van der Waals surface area contributed by atoms with E-state index in [1.807, 2.05) is 6.92 Å². The minimum atomic E-state index is -4.18. The summed E-state index contributed by atoms with van der Waals surface area (Å²) in [5.74, 6) is -1.37. The standard InChI is InChI=1S/C21H18ClFN2O3S/c1-15-6-12-18(13-7-15)29(27,28)25(20-5-3-2-4-19(20)23)14-21(26)24-17-10-8-16(22)9-11-17/h2-13H,14H2,1H3,(H,24,26). The van der Waals surface area contributed by atoms with Gasteiger partial charge in [0.25, 0.3) is 10.0 Å². The molecule has 0 aliphatic heterocycles. The van der Waals surface area contributed by atoms with Crippen LogP contribution in [-0.2, 0) is 14.8 Å². The first-order valence-electron chi connectivity index (χ1n) is 8.67. The number of benzene rings is 3. The zero-order valence-electron chi connectivity index (χ0n) is 15.5. The van der Waals surface area contributed by atoms with Gasteiger partial charge in [-0.25, -0.2) is 12.8 Å². The molecule has 0 aliphatic carbocycles. The third kappa shape index (κ3) is 4.93. The second-order valence-corrected chi connectivity index (χ2v) is 8.63. The van der Waals surface area contributed by atoms with Crippen molar-refractivity contribution in [3.8, 4) is 0 Å². The average Bonchev–Trinajstić information content (AvgIpc) is 2.69. The van der Waals surface area contributed by atoms with Gasteiger partial charge in [0.05, 0.1) is 10.6 Å². The van der Waals surface area contributed by atoms with Crippen molar-refractivity contribution in [2.75, 3.05) is 16.2 Å². The minimum absolute atomic E-state index is 0.0364. The maximum Gasteiger partial charge on any atom is 0.264 e. The highest BCUT2D eigenvalue weighted by Gasteiger charge is 2.29. The molecule has 0 heterocycles. The van der Waals surface area contributed by atoms with Crippen LogP contribution in [0.25, 0.3) is 0 Å². The van der Waals surface area contributed by atoms with E-state index < -0.39 is 28.3 Å². The van der Waals surface area contributed by atoms with Crippen LogP contribution < -0.4 is 9.62 Å². The molecule has 0 saturated heterocycles. The summed E-state index contributed by atoms with van der Waals surface area (Å²) in [6.07, 6.45) is 0. The van der Waals surface area contributed by atoms with E-state index in [9.17, 15) is 17.6 Å². The van der Waals surface area contributed by atoms with Gasteiger partial charge in [0, 0.05) is 10.7 Å². The summed E-state index contributed by atoms with van der Waals surface area (Å²) >= 11 is 5.83. The molecule has 0 bridgehead atoms. The Kier molecular flexibility index (Phi) is 6.20. The molecule has 3 rings (SSSR count). The van der Waals surface area contributed by atoms with Crippen molar-refractivity contribution in [3.63, 3.8) is 0 Å². The van der Waals surface area contributed by atoms with Gasteiger partial charge in [-0.05, 0) is 55.5 Å². The lowest BCUT2D eigenvalue weighted by atomic mass is 10.2. The van der Waals surface area contributed by atoms with E-state index in [-0.39, 0.29) is 10.6 Å². The molecule has 0 aromatic heterocycles. The van der Waals surface area contributed by atoms with Gasteiger partial charge in [-0.3, -0.25) is 9.10 Å². The van der Waals surface area contributed by atoms with Crippen LogP contribution in [-0.4, -0.2) is 20.9 Å². The highest BCUT2D eigenvalue weighted by molar-refractivity contribution is 7.92. The Morgan fingerprint density at radius 3 is 2.24 bits per heavy atom. The first kappa shape index (κ1) is 20.8. The highest BCUT2D eigenvalue weighted by atomic mass is 35.5. The molecule has 0 spiro atoms. The van der Waals surface area contributed by atoms with Crippen LogP contribution in [0.2, 0.25) is 5.02 Å². The second kappa shape index (κ2) is 8.63. The van der Waals surface area contributed by atoms with Crippen molar-refractivity contribution in [3.05, 3.63) is 89.2 Å². The Bertz CT molecular complexity index is 1120. The number of hydrogen-bond donors (Lipinski definition) is 1. The molecule has 1 N–H and O–H groups in total. The number of para-hydroxylation sites is 1. The second-order valence-electron chi connectivity index (χ2n) is 6.33. The number of halogens is 2. The lowest BCUT2D eigenvalue weighted by Crippen LogP contribution is -2.38. The minimum Gasteiger partial charge on any atom is -0.325 e. The molecule has 3 aromatic carbocycles. The van der Waals surface area contributed by atoms with Crippen molar-refractivity contribution >= 4 is 38.9 Å². The van der Waals surface area contributed by atoms with Crippen molar-refractivity contribution in [1.29, 1.82) is 0 Å². The van der Waals surface area contributed by atoms with Crippen LogP contribution in [0.15, 0.2) is 77.7 Å². The molecule has 0 fully saturated rings. The van der Waals surface area contributed by atoms with E-state index in [0.29, 0.717) is 10.7 Å². The monoisotopic (exact) mass is 432 g/mol. The SMILES string of the molecule is Cc1ccc(S(=O)(=O)N(CC(=O)Nc2ccc(Cl)cc2)c2ccccc2F)cc1. The van der Waals surface area contributed by atoms with Crippen molar-refractivity contribution in [2.24, 2.45) is 0 Å². The number of aryl methyl sites for hydroxylation is 1. The molecule has 1 amide bonds. The van der Waals surface area contributed by atoms with Crippen LogP contribution in [0.3, 0.4) is 0 Å². The number of rotatable bonds is 6. The van der Waals surface area contributed by atoms with E-state index in [1.54, 1.807) is 36.4 Å². The third-order valence-corrected chi connectivity index (χ3v) is 6.17. The smallest absolute Gasteiger partial charge is 0.264 e. The van der Waals surface area contributed by atoms with E-state index in [1.165, 1.54) is 30.3 Å². The Labute approximate surface area is 173 Å². The molecule has 0 saturated carbocycles. The molecule has 150 valence electrons. The van der Waals surface area contributed by atoms with Gasteiger partial charge in [0.1, 0.15) is 12.4 Å². The van der Waals surface area contributed by atoms with Crippen LogP contribution in [0.5, 0.6) is 0 Å². The van der Waals surface area contributed by atoms with Gasteiger partial charge >= 0.3 is 0 Å². The fraction of sp³-hybridized carbons (Fsp3) is 0.0952. The van der Waals surface area contributed by atoms with Gasteiger partial charge in [0.15, 0.2) is 0 Å². The molecular formula is C21H18ClFN2O3S. The van der Waals surface area contributed by atoms with Crippen molar-refractivity contribution in [2.45, 2.75) is 11.8 Å². The molecular weight excluding hydrogens is 415 g/mol. The first-order valence-corrected chi connectivity index (χ1v) is 10.5. The number of carbonyl (C=O) groups is 1. The van der Waals surface area contributed by atoms with Crippen molar-refractivity contribution < 1.29 is 17.6 Å². The normalized spacial score (nSPS) is 11.1. The quantitative estimate of drug-likeness (QED) is 0.618. The molecule has 3 aromatic rings. The Hall–Kier alpha value is -2.90. The number of hydrogen-bond acceptors (Lipinski definition) is 3. The summed E-state index contributed by atoms with van der Waals surface area (Å²) in [6.45, 7) is 1.23. The zero-order valence-corrected chi connectivity index (χ0v) is 17.0. The summed E-state index contributed by atoms with van der Waals surface area (Å²) in [4.78, 5) is 12.5. The number of carbonyl (C=O) groups excluding carboxylic acids is 1. The lowest BCUT2D eigenvalue weighted by Gasteiger charge is -2.24. The maximum absolute atomic E-state index is 14.4. The third-order valence-electron chi connectivity index (χ3n) is 4.15. The van der Waals surface area contributed by atoms with Gasteiger partial charge in [0.2, 0.25) is 5.91 Å². The maximum atomic E-state index is 14.4. The summed E-state index contributed by atoms with van der Waals surface area (Å²) in [6, 6.07) is 17.9. The molecule has 0 aliphatic rings. The predicted octanol–water partition coefficient (Wildman–Crippen LogP) is 4.62. The van der Waals surface area contributed by atoms with E-state index in [2.05, 4.69) is 5.32 Å². The number of anilines is 2. The molecule has 0 radical (unpaired) electrons. The highest BCUT2D eigenvalue weighted by Crippen LogP contribution is 2.26. The van der Waals surface area contributed by atoms with Crippen LogP contribution in [0.1, 0.15) is 5.56 Å². The number of sulfonamides is 1. The Balaban J connectivity index is 1.95. The fourth-order valence-corrected chi connectivity index (χ4v) is 4.21. The predicted molar refractivity (Wildman–Crippen MR) is 112 cm³/mol. The topological polar surface area (TPSA) is 66.5 Å². The Morgan fingerprint density at radius 2 is 1.62 bits per heavy atom. The summed E-state index contributed by atoms with van der Waals surface area (Å²) in [5.41, 5.74) is 1.11. The van der Waals surface area contributed by atoms with E-state index >= 15 is 0 Å². The molecule has 29 heavy (non-hydrogen) atoms. The van der Waals surface area contributed by atoms with E-state index in [0.717, 1.165) is 15.9 Å². The zero-order chi connectivity index (χ0) is 21.0. The summed E-state index contributed by atoms with van der Waals surface area (Å²) in [5, 5.41) is 3.09. The fourth-order valence-electron chi connectivity index (χ4n) is 2.66. The van der Waals surface area contributed by atoms with Crippen LogP contribution in [0, 0.1) is 12.7 Å². The molecule has 0 unspecified atom stereocenters. The van der Waals surface area contributed by atoms with Gasteiger partial charge in [-0.15, -0.1) is 0 Å². The van der Waals surface area contributed by atoms with E-state index in [4.69, 9.17) is 11.6 Å².